The second-order valence-electron chi connectivity index (χ2n) is 1.56. The Hall–Kier alpha value is -1.02. The van der Waals surface area contributed by atoms with Crippen LogP contribution >= 0.6 is 0 Å². The lowest BCUT2D eigenvalue weighted by Gasteiger charge is -2.02. The van der Waals surface area contributed by atoms with Crippen molar-refractivity contribution >= 4 is 0 Å². The van der Waals surface area contributed by atoms with Crippen molar-refractivity contribution in [1.29, 1.82) is 0 Å². The first-order chi connectivity index (χ1) is 4.85. The van der Waals surface area contributed by atoms with Gasteiger partial charge in [0.25, 0.3) is 0 Å². The molecule has 0 saturated carbocycles. The highest BCUT2D eigenvalue weighted by molar-refractivity contribution is 5.14. The molecule has 0 radical (unpaired) electrons. The lowest BCUT2D eigenvalue weighted by Crippen LogP contribution is -1.93. The molecule has 0 bridgehead atoms. The van der Waals surface area contributed by atoms with Crippen molar-refractivity contribution in [2.24, 2.45) is 0 Å². The summed E-state index contributed by atoms with van der Waals surface area (Å²) in [7, 11) is 1.56. The second kappa shape index (κ2) is 6.11. The highest BCUT2D eigenvalue weighted by Gasteiger charge is 1.86. The van der Waals surface area contributed by atoms with Crippen molar-refractivity contribution < 1.29 is 9.47 Å². The van der Waals surface area contributed by atoms with Crippen LogP contribution < -0.4 is 0 Å². The van der Waals surface area contributed by atoms with Crippen LogP contribution in [0.25, 0.3) is 0 Å². The smallest absolute Gasteiger partial charge is 0.188 e. The molecule has 56 valence electrons. The highest BCUT2D eigenvalue weighted by Crippen LogP contribution is 1.97. The van der Waals surface area contributed by atoms with Crippen LogP contribution in [-0.2, 0) is 9.47 Å². The van der Waals surface area contributed by atoms with Gasteiger partial charge in [-0.15, -0.1) is 0 Å². The summed E-state index contributed by atoms with van der Waals surface area (Å²) in [6, 6.07) is 0. The van der Waals surface area contributed by atoms with E-state index in [9.17, 15) is 0 Å². The van der Waals surface area contributed by atoms with Gasteiger partial charge in [-0.3, -0.25) is 0 Å². The zero-order chi connectivity index (χ0) is 7.82. The SMILES string of the molecule is C=C/C=C(\C=C)OCOC. The predicted octanol–water partition coefficient (Wildman–Crippen LogP) is 1.86. The van der Waals surface area contributed by atoms with Crippen molar-refractivity contribution in [2.75, 3.05) is 13.9 Å². The van der Waals surface area contributed by atoms with Gasteiger partial charge in [0.05, 0.1) is 0 Å². The monoisotopic (exact) mass is 140 g/mol. The summed E-state index contributed by atoms with van der Waals surface area (Å²) >= 11 is 0. The van der Waals surface area contributed by atoms with Crippen molar-refractivity contribution in [1.82, 2.24) is 0 Å². The van der Waals surface area contributed by atoms with Crippen LogP contribution in [0.2, 0.25) is 0 Å². The summed E-state index contributed by atoms with van der Waals surface area (Å²) in [6.07, 6.45) is 4.94. The standard InChI is InChI=1S/C8H12O2/c1-4-6-8(5-2)10-7-9-3/h4-6H,1-2,7H2,3H3/b8-6+. The molecule has 0 aliphatic heterocycles. The third-order valence-corrected chi connectivity index (χ3v) is 0.827. The quantitative estimate of drug-likeness (QED) is 0.329. The first-order valence-corrected chi connectivity index (χ1v) is 2.92. The van der Waals surface area contributed by atoms with Gasteiger partial charge in [-0.2, -0.15) is 0 Å². The van der Waals surface area contributed by atoms with Gasteiger partial charge in [0.2, 0.25) is 0 Å². The molecule has 0 unspecified atom stereocenters. The van der Waals surface area contributed by atoms with Gasteiger partial charge in [-0.1, -0.05) is 19.2 Å². The van der Waals surface area contributed by atoms with E-state index in [0.29, 0.717) is 5.76 Å². The minimum Gasteiger partial charge on any atom is -0.468 e. The third-order valence-electron chi connectivity index (χ3n) is 0.827. The molecular formula is C8H12O2. The third kappa shape index (κ3) is 3.92. The molecule has 0 amide bonds. The number of methoxy groups -OCH3 is 1. The van der Waals surface area contributed by atoms with Crippen molar-refractivity contribution in [3.05, 3.63) is 37.1 Å². The number of allylic oxidation sites excluding steroid dienone is 3. The van der Waals surface area contributed by atoms with E-state index in [1.54, 1.807) is 25.3 Å². The summed E-state index contributed by atoms with van der Waals surface area (Å²) in [6.45, 7) is 7.29. The zero-order valence-corrected chi connectivity index (χ0v) is 6.17. The zero-order valence-electron chi connectivity index (χ0n) is 6.17. The maximum atomic E-state index is 5.03. The summed E-state index contributed by atoms with van der Waals surface area (Å²) in [5, 5.41) is 0. The number of hydrogen-bond acceptors (Lipinski definition) is 2. The fraction of sp³-hybridized carbons (Fsp3) is 0.250. The second-order valence-corrected chi connectivity index (χ2v) is 1.56. The van der Waals surface area contributed by atoms with E-state index in [-0.39, 0.29) is 6.79 Å². The van der Waals surface area contributed by atoms with Gasteiger partial charge in [0.15, 0.2) is 6.79 Å². The van der Waals surface area contributed by atoms with Crippen molar-refractivity contribution in [3.63, 3.8) is 0 Å². The van der Waals surface area contributed by atoms with Crippen LogP contribution in [0.4, 0.5) is 0 Å². The lowest BCUT2D eigenvalue weighted by atomic mass is 10.4. The molecule has 0 aliphatic carbocycles. The minimum absolute atomic E-state index is 0.242. The Morgan fingerprint density at radius 3 is 2.60 bits per heavy atom. The van der Waals surface area contributed by atoms with Crippen LogP contribution in [0.5, 0.6) is 0 Å². The predicted molar refractivity (Wildman–Crippen MR) is 41.4 cm³/mol. The van der Waals surface area contributed by atoms with Gasteiger partial charge in [0, 0.05) is 7.11 Å². The molecule has 0 aromatic rings. The lowest BCUT2D eigenvalue weighted by molar-refractivity contribution is 0.0102. The van der Waals surface area contributed by atoms with Crippen LogP contribution in [0, 0.1) is 0 Å². The summed E-state index contributed by atoms with van der Waals surface area (Å²) < 4.78 is 9.71. The van der Waals surface area contributed by atoms with E-state index in [1.807, 2.05) is 0 Å². The molecule has 0 aliphatic rings. The molecule has 0 aromatic carbocycles. The van der Waals surface area contributed by atoms with Crippen LogP contribution in [-0.4, -0.2) is 13.9 Å². The van der Waals surface area contributed by atoms with Gasteiger partial charge in [0.1, 0.15) is 5.76 Å². The Balaban J connectivity index is 3.70. The van der Waals surface area contributed by atoms with Gasteiger partial charge < -0.3 is 9.47 Å². The molecule has 0 spiro atoms. The Morgan fingerprint density at radius 2 is 2.20 bits per heavy atom. The van der Waals surface area contributed by atoms with Gasteiger partial charge in [-0.25, -0.2) is 0 Å². The fourth-order valence-electron chi connectivity index (χ4n) is 0.418. The van der Waals surface area contributed by atoms with Gasteiger partial charge in [-0.05, 0) is 12.2 Å². The Kier molecular flexibility index (Phi) is 5.48. The molecule has 10 heavy (non-hydrogen) atoms. The minimum atomic E-state index is 0.242. The average Bonchev–Trinajstić information content (AvgIpc) is 1.98. The molecule has 0 N–H and O–H groups in total. The summed E-state index contributed by atoms with van der Waals surface area (Å²) in [4.78, 5) is 0. The molecule has 0 fully saturated rings. The maximum absolute atomic E-state index is 5.03. The normalized spacial score (nSPS) is 10.7. The number of rotatable bonds is 5. The first kappa shape index (κ1) is 8.98. The molecular weight excluding hydrogens is 128 g/mol. The molecule has 2 nitrogen and oxygen atoms in total. The van der Waals surface area contributed by atoms with E-state index in [1.165, 1.54) is 0 Å². The van der Waals surface area contributed by atoms with E-state index in [0.717, 1.165) is 0 Å². The molecule has 2 heteroatoms. The van der Waals surface area contributed by atoms with Crippen LogP contribution in [0.15, 0.2) is 37.1 Å². The topological polar surface area (TPSA) is 18.5 Å². The molecule has 0 saturated heterocycles. The van der Waals surface area contributed by atoms with E-state index in [4.69, 9.17) is 4.74 Å². The molecule has 0 aromatic heterocycles. The average molecular weight is 140 g/mol. The van der Waals surface area contributed by atoms with Crippen LogP contribution in [0.1, 0.15) is 0 Å². The highest BCUT2D eigenvalue weighted by atomic mass is 16.7. The number of ether oxygens (including phenoxy) is 2. The van der Waals surface area contributed by atoms with Crippen molar-refractivity contribution in [3.8, 4) is 0 Å². The first-order valence-electron chi connectivity index (χ1n) is 2.92. The van der Waals surface area contributed by atoms with Crippen LogP contribution in [0.3, 0.4) is 0 Å². The van der Waals surface area contributed by atoms with E-state index in [2.05, 4.69) is 17.9 Å². The summed E-state index contributed by atoms with van der Waals surface area (Å²) in [5.74, 6) is 0.664. The fourth-order valence-corrected chi connectivity index (χ4v) is 0.418. The Labute approximate surface area is 61.5 Å². The largest absolute Gasteiger partial charge is 0.468 e. The van der Waals surface area contributed by atoms with Crippen molar-refractivity contribution in [2.45, 2.75) is 0 Å². The Morgan fingerprint density at radius 1 is 1.50 bits per heavy atom. The van der Waals surface area contributed by atoms with E-state index < -0.39 is 0 Å². The number of hydrogen-bond donors (Lipinski definition) is 0. The Bertz CT molecular complexity index is 136. The van der Waals surface area contributed by atoms with Gasteiger partial charge >= 0.3 is 0 Å². The van der Waals surface area contributed by atoms with E-state index >= 15 is 0 Å². The molecule has 0 heterocycles. The molecule has 0 rings (SSSR count). The molecule has 0 atom stereocenters. The maximum Gasteiger partial charge on any atom is 0.188 e. The summed E-state index contributed by atoms with van der Waals surface area (Å²) in [5.41, 5.74) is 0.